The van der Waals surface area contributed by atoms with Crippen LogP contribution in [0.5, 0.6) is 0 Å². The normalized spacial score (nSPS) is 12.2. The number of rotatable bonds is 4. The first kappa shape index (κ1) is 19.6. The number of hydrogen-bond acceptors (Lipinski definition) is 4. The fraction of sp³-hybridized carbons (Fsp3) is 0.211. The molecule has 5 nitrogen and oxygen atoms in total. The molecule has 7 heteroatoms. The van der Waals surface area contributed by atoms with Gasteiger partial charge in [0.05, 0.1) is 15.7 Å². The molecule has 0 bridgehead atoms. The van der Waals surface area contributed by atoms with Crippen LogP contribution in [-0.2, 0) is 9.53 Å². The first-order chi connectivity index (χ1) is 12.3. The summed E-state index contributed by atoms with van der Waals surface area (Å²) in [6.45, 7) is 5.15. The number of aromatic nitrogens is 1. The minimum Gasteiger partial charge on any atom is -0.443 e. The van der Waals surface area contributed by atoms with Gasteiger partial charge in [0.25, 0.3) is 0 Å². The monoisotopic (exact) mass is 387 g/mol. The Morgan fingerprint density at radius 2 is 2.00 bits per heavy atom. The lowest BCUT2D eigenvalue weighted by Crippen LogP contribution is -2.14. The molecule has 0 amide bonds. The standard InChI is InChI=1S/C19H15Cl2N3O2/c1-11-7-14(8-15(10-23)19(25)26-12(2)9-22)13(3)24(11)17-6-4-5-16(20)18(17)21/h4-8,12H,1-3H3/b15-8+. The molecule has 2 aromatic rings. The largest absolute Gasteiger partial charge is 0.443 e. The van der Waals surface area contributed by atoms with Crippen LogP contribution < -0.4 is 0 Å². The highest BCUT2D eigenvalue weighted by Crippen LogP contribution is 2.32. The van der Waals surface area contributed by atoms with Crippen LogP contribution in [0.2, 0.25) is 10.0 Å². The van der Waals surface area contributed by atoms with E-state index in [9.17, 15) is 10.1 Å². The van der Waals surface area contributed by atoms with Crippen LogP contribution in [0, 0.1) is 36.5 Å². The Morgan fingerprint density at radius 3 is 2.62 bits per heavy atom. The van der Waals surface area contributed by atoms with Gasteiger partial charge in [-0.15, -0.1) is 0 Å². The van der Waals surface area contributed by atoms with E-state index in [1.807, 2.05) is 36.6 Å². The number of ether oxygens (including phenoxy) is 1. The zero-order valence-electron chi connectivity index (χ0n) is 14.4. The third kappa shape index (κ3) is 3.91. The van der Waals surface area contributed by atoms with Crippen molar-refractivity contribution >= 4 is 35.2 Å². The van der Waals surface area contributed by atoms with Gasteiger partial charge in [-0.05, 0) is 50.6 Å². The van der Waals surface area contributed by atoms with Gasteiger partial charge in [0.15, 0.2) is 6.10 Å². The molecule has 132 valence electrons. The Bertz CT molecular complexity index is 978. The van der Waals surface area contributed by atoms with E-state index in [4.69, 9.17) is 33.2 Å². The van der Waals surface area contributed by atoms with E-state index in [0.29, 0.717) is 21.3 Å². The lowest BCUT2D eigenvalue weighted by Gasteiger charge is -2.12. The van der Waals surface area contributed by atoms with Crippen molar-refractivity contribution in [1.82, 2.24) is 4.57 Å². The van der Waals surface area contributed by atoms with Crippen LogP contribution in [-0.4, -0.2) is 16.6 Å². The second-order valence-corrected chi connectivity index (χ2v) is 6.37. The molecule has 1 heterocycles. The third-order valence-electron chi connectivity index (χ3n) is 3.75. The minimum atomic E-state index is -0.933. The zero-order valence-corrected chi connectivity index (χ0v) is 15.9. The molecular formula is C19H15Cl2N3O2. The van der Waals surface area contributed by atoms with Crippen LogP contribution >= 0.6 is 23.2 Å². The molecule has 0 aliphatic heterocycles. The molecule has 1 atom stereocenters. The van der Waals surface area contributed by atoms with E-state index in [2.05, 4.69) is 0 Å². The number of esters is 1. The molecule has 0 radical (unpaired) electrons. The second-order valence-electron chi connectivity index (χ2n) is 5.58. The average molecular weight is 388 g/mol. The van der Waals surface area contributed by atoms with Crippen molar-refractivity contribution < 1.29 is 9.53 Å². The molecule has 0 spiro atoms. The molecule has 1 aromatic carbocycles. The lowest BCUT2D eigenvalue weighted by molar-refractivity contribution is -0.140. The Balaban J connectivity index is 2.50. The molecular weight excluding hydrogens is 373 g/mol. The van der Waals surface area contributed by atoms with Crippen LogP contribution in [0.4, 0.5) is 0 Å². The second kappa shape index (κ2) is 8.10. The Morgan fingerprint density at radius 1 is 1.31 bits per heavy atom. The van der Waals surface area contributed by atoms with Crippen molar-refractivity contribution in [1.29, 1.82) is 10.5 Å². The van der Waals surface area contributed by atoms with Crippen molar-refractivity contribution in [2.45, 2.75) is 26.9 Å². The molecule has 0 saturated carbocycles. The van der Waals surface area contributed by atoms with Crippen LogP contribution in [0.3, 0.4) is 0 Å². The summed E-state index contributed by atoms with van der Waals surface area (Å²) in [6.07, 6.45) is 0.501. The maximum atomic E-state index is 12.0. The van der Waals surface area contributed by atoms with E-state index in [-0.39, 0.29) is 5.57 Å². The van der Waals surface area contributed by atoms with Crippen molar-refractivity contribution in [2.24, 2.45) is 0 Å². The predicted molar refractivity (Wildman–Crippen MR) is 100 cm³/mol. The first-order valence-electron chi connectivity index (χ1n) is 7.65. The number of carbonyl (C=O) groups is 1. The summed E-state index contributed by atoms with van der Waals surface area (Å²) in [5.74, 6) is -0.841. The number of carbonyl (C=O) groups excluding carboxylic acids is 1. The van der Waals surface area contributed by atoms with Gasteiger partial charge in [0.2, 0.25) is 0 Å². The number of nitrogens with zero attached hydrogens (tertiary/aromatic N) is 3. The predicted octanol–water partition coefficient (Wildman–Crippen LogP) is 4.76. The Labute approximate surface area is 161 Å². The molecule has 2 rings (SSSR count). The van der Waals surface area contributed by atoms with Crippen molar-refractivity contribution in [3.8, 4) is 17.8 Å². The summed E-state index contributed by atoms with van der Waals surface area (Å²) >= 11 is 12.4. The highest BCUT2D eigenvalue weighted by atomic mass is 35.5. The molecule has 0 saturated heterocycles. The summed E-state index contributed by atoms with van der Waals surface area (Å²) in [5.41, 5.74) is 2.81. The minimum absolute atomic E-state index is 0.190. The maximum absolute atomic E-state index is 12.0. The van der Waals surface area contributed by atoms with Gasteiger partial charge < -0.3 is 9.30 Å². The molecule has 0 aliphatic carbocycles. The fourth-order valence-corrected chi connectivity index (χ4v) is 2.89. The summed E-state index contributed by atoms with van der Waals surface area (Å²) in [4.78, 5) is 12.0. The van der Waals surface area contributed by atoms with Crippen molar-refractivity contribution in [3.05, 3.63) is 56.8 Å². The van der Waals surface area contributed by atoms with Gasteiger partial charge in [-0.3, -0.25) is 0 Å². The average Bonchev–Trinajstić information content (AvgIpc) is 2.88. The third-order valence-corrected chi connectivity index (χ3v) is 4.56. The van der Waals surface area contributed by atoms with Crippen LogP contribution in [0.15, 0.2) is 29.8 Å². The van der Waals surface area contributed by atoms with Crippen LogP contribution in [0.25, 0.3) is 11.8 Å². The lowest BCUT2D eigenvalue weighted by atomic mass is 10.1. The Hall–Kier alpha value is -2.73. The van der Waals surface area contributed by atoms with Crippen LogP contribution in [0.1, 0.15) is 23.9 Å². The van der Waals surface area contributed by atoms with E-state index in [1.165, 1.54) is 13.0 Å². The highest BCUT2D eigenvalue weighted by Gasteiger charge is 2.18. The fourth-order valence-electron chi connectivity index (χ4n) is 2.51. The highest BCUT2D eigenvalue weighted by molar-refractivity contribution is 6.43. The Kier molecular flexibility index (Phi) is 6.10. The van der Waals surface area contributed by atoms with Gasteiger partial charge in [0, 0.05) is 11.4 Å². The number of benzene rings is 1. The molecule has 1 aromatic heterocycles. The van der Waals surface area contributed by atoms with Gasteiger partial charge >= 0.3 is 5.97 Å². The van der Waals surface area contributed by atoms with Gasteiger partial charge in [-0.1, -0.05) is 29.3 Å². The summed E-state index contributed by atoms with van der Waals surface area (Å²) < 4.78 is 6.77. The topological polar surface area (TPSA) is 78.8 Å². The maximum Gasteiger partial charge on any atom is 0.350 e. The summed E-state index contributed by atoms with van der Waals surface area (Å²) in [5, 5.41) is 18.8. The molecule has 1 unspecified atom stereocenters. The first-order valence-corrected chi connectivity index (χ1v) is 8.41. The molecule has 0 N–H and O–H groups in total. The van der Waals surface area contributed by atoms with Crippen molar-refractivity contribution in [2.75, 3.05) is 0 Å². The van der Waals surface area contributed by atoms with Gasteiger partial charge in [-0.25, -0.2) is 4.79 Å². The smallest absolute Gasteiger partial charge is 0.350 e. The quantitative estimate of drug-likeness (QED) is 0.430. The molecule has 26 heavy (non-hydrogen) atoms. The van der Waals surface area contributed by atoms with Gasteiger partial charge in [0.1, 0.15) is 17.7 Å². The summed E-state index contributed by atoms with van der Waals surface area (Å²) in [6, 6.07) is 10.7. The molecule has 0 aliphatic rings. The molecule has 0 fully saturated rings. The van der Waals surface area contributed by atoms with Gasteiger partial charge in [-0.2, -0.15) is 10.5 Å². The van der Waals surface area contributed by atoms with E-state index in [0.717, 1.165) is 11.4 Å². The summed E-state index contributed by atoms with van der Waals surface area (Å²) in [7, 11) is 0. The van der Waals surface area contributed by atoms with Crippen molar-refractivity contribution in [3.63, 3.8) is 0 Å². The van der Waals surface area contributed by atoms with E-state index < -0.39 is 12.1 Å². The van der Waals surface area contributed by atoms with E-state index >= 15 is 0 Å². The number of hydrogen-bond donors (Lipinski definition) is 0. The van der Waals surface area contributed by atoms with E-state index in [1.54, 1.807) is 18.2 Å². The zero-order chi connectivity index (χ0) is 19.4. The SMILES string of the molecule is Cc1cc(/C=C(\C#N)C(=O)OC(C)C#N)c(C)n1-c1cccc(Cl)c1Cl. The number of halogens is 2. The number of nitriles is 2. The number of aryl methyl sites for hydroxylation is 1.